The van der Waals surface area contributed by atoms with Gasteiger partial charge in [0.25, 0.3) is 5.56 Å². The van der Waals surface area contributed by atoms with E-state index < -0.39 is 5.63 Å². The summed E-state index contributed by atoms with van der Waals surface area (Å²) in [5, 5.41) is 10.1. The first-order valence-corrected chi connectivity index (χ1v) is 11.8. The molecule has 0 saturated heterocycles. The molecule has 170 valence electrons. The van der Waals surface area contributed by atoms with E-state index in [1.807, 2.05) is 59.2 Å². The molecule has 6 aromatic rings. The van der Waals surface area contributed by atoms with Crippen LogP contribution >= 0.6 is 11.8 Å². The van der Waals surface area contributed by atoms with Crippen LogP contribution in [0.25, 0.3) is 38.8 Å². The predicted octanol–water partition coefficient (Wildman–Crippen LogP) is 4.50. The fourth-order valence-electron chi connectivity index (χ4n) is 3.84. The summed E-state index contributed by atoms with van der Waals surface area (Å²) in [4.78, 5) is 30.4. The van der Waals surface area contributed by atoms with Crippen molar-refractivity contribution in [3.63, 3.8) is 0 Å². The lowest BCUT2D eigenvalue weighted by atomic mass is 10.1. The van der Waals surface area contributed by atoms with Crippen molar-refractivity contribution < 1.29 is 4.42 Å². The normalized spacial score (nSPS) is 11.3. The maximum absolute atomic E-state index is 12.9. The van der Waals surface area contributed by atoms with Crippen LogP contribution in [-0.2, 0) is 5.88 Å². The first-order valence-electron chi connectivity index (χ1n) is 10.8. The maximum Gasteiger partial charge on any atom is 0.345 e. The van der Waals surface area contributed by atoms with Gasteiger partial charge < -0.3 is 4.42 Å². The van der Waals surface area contributed by atoms with Crippen molar-refractivity contribution in [2.24, 2.45) is 0 Å². The van der Waals surface area contributed by atoms with Gasteiger partial charge in [-0.05, 0) is 36.4 Å². The molecule has 35 heavy (non-hydrogen) atoms. The Balaban J connectivity index is 1.42. The molecule has 0 radical (unpaired) electrons. The van der Waals surface area contributed by atoms with Crippen molar-refractivity contribution in [1.82, 2.24) is 24.5 Å². The van der Waals surface area contributed by atoms with Gasteiger partial charge in [-0.15, -0.1) is 5.10 Å². The molecule has 0 amide bonds. The Labute approximate surface area is 202 Å². The highest BCUT2D eigenvalue weighted by Gasteiger charge is 2.17. The van der Waals surface area contributed by atoms with Crippen LogP contribution in [0.4, 0.5) is 0 Å². The van der Waals surface area contributed by atoms with Crippen LogP contribution in [0.2, 0.25) is 0 Å². The van der Waals surface area contributed by atoms with Gasteiger partial charge in [-0.2, -0.15) is 4.68 Å². The van der Waals surface area contributed by atoms with Gasteiger partial charge >= 0.3 is 5.63 Å². The highest BCUT2D eigenvalue weighted by atomic mass is 32.2. The van der Waals surface area contributed by atoms with Crippen LogP contribution < -0.4 is 11.2 Å². The molecule has 6 rings (SSSR count). The minimum atomic E-state index is -0.463. The Bertz CT molecular complexity index is 1810. The Morgan fingerprint density at radius 3 is 2.54 bits per heavy atom. The molecule has 0 bridgehead atoms. The molecular formula is C26H17N5O3S. The van der Waals surface area contributed by atoms with E-state index in [2.05, 4.69) is 10.3 Å². The van der Waals surface area contributed by atoms with Crippen LogP contribution in [0.5, 0.6) is 0 Å². The maximum atomic E-state index is 12.9. The molecule has 3 heterocycles. The third-order valence-electron chi connectivity index (χ3n) is 5.57. The minimum Gasteiger partial charge on any atom is -0.422 e. The predicted molar refractivity (Wildman–Crippen MR) is 135 cm³/mol. The Morgan fingerprint density at radius 2 is 1.66 bits per heavy atom. The second kappa shape index (κ2) is 8.69. The van der Waals surface area contributed by atoms with Gasteiger partial charge in [0.2, 0.25) is 0 Å². The fraction of sp³-hybridized carbons (Fsp3) is 0.0385. The summed E-state index contributed by atoms with van der Waals surface area (Å²) in [7, 11) is 0. The van der Waals surface area contributed by atoms with E-state index in [-0.39, 0.29) is 11.4 Å². The Morgan fingerprint density at radius 1 is 0.886 bits per heavy atom. The summed E-state index contributed by atoms with van der Waals surface area (Å²) in [6.07, 6.45) is 1.80. The monoisotopic (exact) mass is 479 g/mol. The first kappa shape index (κ1) is 21.1. The van der Waals surface area contributed by atoms with E-state index in [0.717, 1.165) is 11.1 Å². The zero-order valence-electron chi connectivity index (χ0n) is 18.2. The van der Waals surface area contributed by atoms with Crippen molar-refractivity contribution in [2.45, 2.75) is 11.0 Å². The van der Waals surface area contributed by atoms with Crippen molar-refractivity contribution in [3.05, 3.63) is 112 Å². The standard InChI is InChI=1S/C26H17N5O3S/c32-24-19-11-5-6-12-21(19)28-29-31(24)16-35-26-27-22(15-30(26)18-9-2-1-3-10-18)20-14-17-8-4-7-13-23(17)34-25(20)33/h1-15H,16H2. The number of thioether (sulfide) groups is 1. The molecule has 0 aliphatic heterocycles. The van der Waals surface area contributed by atoms with Crippen molar-refractivity contribution >= 4 is 33.6 Å². The highest BCUT2D eigenvalue weighted by molar-refractivity contribution is 7.98. The van der Waals surface area contributed by atoms with Crippen LogP contribution in [-0.4, -0.2) is 24.5 Å². The number of hydrogen-bond acceptors (Lipinski definition) is 7. The van der Waals surface area contributed by atoms with Gasteiger partial charge in [-0.25, -0.2) is 9.78 Å². The molecule has 0 N–H and O–H groups in total. The zero-order valence-corrected chi connectivity index (χ0v) is 19.1. The van der Waals surface area contributed by atoms with E-state index in [1.54, 1.807) is 36.5 Å². The first-order chi connectivity index (χ1) is 17.2. The smallest absolute Gasteiger partial charge is 0.345 e. The molecule has 9 heteroatoms. The van der Waals surface area contributed by atoms with E-state index in [9.17, 15) is 9.59 Å². The molecule has 0 aliphatic rings. The molecule has 0 aliphatic carbocycles. The number of aromatic nitrogens is 5. The van der Waals surface area contributed by atoms with Gasteiger partial charge in [0, 0.05) is 17.3 Å². The molecule has 0 saturated carbocycles. The summed E-state index contributed by atoms with van der Waals surface area (Å²) in [6, 6.07) is 25.9. The van der Waals surface area contributed by atoms with E-state index in [1.165, 1.54) is 16.4 Å². The molecule has 3 aromatic heterocycles. The average Bonchev–Trinajstić information content (AvgIpc) is 3.32. The molecule has 0 fully saturated rings. The van der Waals surface area contributed by atoms with E-state index >= 15 is 0 Å². The molecular weight excluding hydrogens is 462 g/mol. The van der Waals surface area contributed by atoms with E-state index in [0.29, 0.717) is 32.9 Å². The quantitative estimate of drug-likeness (QED) is 0.265. The number of para-hydroxylation sites is 2. The third kappa shape index (κ3) is 3.91. The van der Waals surface area contributed by atoms with Crippen molar-refractivity contribution in [3.8, 4) is 16.9 Å². The lowest BCUT2D eigenvalue weighted by Gasteiger charge is -2.08. The average molecular weight is 480 g/mol. The SMILES string of the molecule is O=c1oc2ccccc2cc1-c1cn(-c2ccccc2)c(SCn2nnc3ccccc3c2=O)n1. The number of nitrogens with zero attached hydrogens (tertiary/aromatic N) is 5. The molecule has 3 aromatic carbocycles. The number of hydrogen-bond donors (Lipinski definition) is 0. The Kier molecular flexibility index (Phi) is 5.23. The molecule has 8 nitrogen and oxygen atoms in total. The zero-order chi connectivity index (χ0) is 23.8. The van der Waals surface area contributed by atoms with Crippen molar-refractivity contribution in [2.75, 3.05) is 0 Å². The van der Waals surface area contributed by atoms with Gasteiger partial charge in [0.05, 0.1) is 22.5 Å². The van der Waals surface area contributed by atoms with E-state index in [4.69, 9.17) is 9.40 Å². The topological polar surface area (TPSA) is 95.8 Å². The molecule has 0 atom stereocenters. The summed E-state index contributed by atoms with van der Waals surface area (Å²) in [5.41, 5.74) is 2.10. The lowest BCUT2D eigenvalue weighted by Crippen LogP contribution is -2.23. The highest BCUT2D eigenvalue weighted by Crippen LogP contribution is 2.28. The number of imidazole rings is 1. The second-order valence-corrected chi connectivity index (χ2v) is 8.70. The summed E-state index contributed by atoms with van der Waals surface area (Å²) < 4.78 is 8.70. The van der Waals surface area contributed by atoms with Crippen LogP contribution in [0.15, 0.2) is 110 Å². The lowest BCUT2D eigenvalue weighted by molar-refractivity contribution is 0.563. The van der Waals surface area contributed by atoms with Gasteiger partial charge in [0.1, 0.15) is 11.1 Å². The third-order valence-corrected chi connectivity index (χ3v) is 6.49. The molecule has 0 unspecified atom stereocenters. The number of fused-ring (bicyclic) bond motifs is 2. The Hall–Kier alpha value is -4.50. The molecule has 0 spiro atoms. The van der Waals surface area contributed by atoms with Crippen LogP contribution in [0, 0.1) is 0 Å². The van der Waals surface area contributed by atoms with Gasteiger partial charge in [-0.1, -0.05) is 65.5 Å². The number of benzene rings is 3. The fourth-order valence-corrected chi connectivity index (χ4v) is 4.70. The van der Waals surface area contributed by atoms with Crippen LogP contribution in [0.1, 0.15) is 0 Å². The largest absolute Gasteiger partial charge is 0.422 e. The van der Waals surface area contributed by atoms with Gasteiger partial charge in [0.15, 0.2) is 5.16 Å². The second-order valence-electron chi connectivity index (χ2n) is 7.78. The summed E-state index contributed by atoms with van der Waals surface area (Å²) >= 11 is 1.32. The van der Waals surface area contributed by atoms with Crippen LogP contribution in [0.3, 0.4) is 0 Å². The van der Waals surface area contributed by atoms with Crippen molar-refractivity contribution in [1.29, 1.82) is 0 Å². The number of rotatable bonds is 5. The summed E-state index contributed by atoms with van der Waals surface area (Å²) in [5.74, 6) is 0.201. The van der Waals surface area contributed by atoms with Gasteiger partial charge in [-0.3, -0.25) is 9.36 Å². The minimum absolute atomic E-state index is 0.201. The summed E-state index contributed by atoms with van der Waals surface area (Å²) in [6.45, 7) is 0.